The lowest BCUT2D eigenvalue weighted by atomic mass is 10.1. The second kappa shape index (κ2) is 3.92. The molecule has 0 bridgehead atoms. The summed E-state index contributed by atoms with van der Waals surface area (Å²) in [5, 5.41) is 3.11. The van der Waals surface area contributed by atoms with Crippen molar-refractivity contribution < 1.29 is 13.2 Å². The SMILES string of the molecule is CN(C)N1NC=Nc2ccc(C(F)(F)F)cc21. The molecule has 1 aliphatic heterocycles. The zero-order valence-corrected chi connectivity index (χ0v) is 9.28. The number of anilines is 1. The third-order valence-corrected chi connectivity index (χ3v) is 2.31. The molecule has 92 valence electrons. The molecule has 0 unspecified atom stereocenters. The van der Waals surface area contributed by atoms with Crippen LogP contribution in [-0.4, -0.2) is 25.4 Å². The van der Waals surface area contributed by atoms with Crippen LogP contribution < -0.4 is 10.5 Å². The average molecular weight is 244 g/mol. The molecule has 4 nitrogen and oxygen atoms in total. The lowest BCUT2D eigenvalue weighted by Gasteiger charge is -2.33. The molecule has 0 spiro atoms. The lowest BCUT2D eigenvalue weighted by Crippen LogP contribution is -2.48. The summed E-state index contributed by atoms with van der Waals surface area (Å²) in [6.07, 6.45) is -2.93. The minimum atomic E-state index is -4.35. The molecule has 0 aromatic heterocycles. The highest BCUT2D eigenvalue weighted by Gasteiger charge is 2.32. The molecule has 1 aromatic rings. The van der Waals surface area contributed by atoms with E-state index in [4.69, 9.17) is 0 Å². The van der Waals surface area contributed by atoms with Crippen LogP contribution in [0.3, 0.4) is 0 Å². The van der Waals surface area contributed by atoms with Gasteiger partial charge in [-0.3, -0.25) is 5.43 Å². The Balaban J connectivity index is 2.49. The summed E-state index contributed by atoms with van der Waals surface area (Å²) in [6.45, 7) is 0. The molecular formula is C10H11F3N4. The zero-order chi connectivity index (χ0) is 12.6. The van der Waals surface area contributed by atoms with Gasteiger partial charge in [0.15, 0.2) is 0 Å². The van der Waals surface area contributed by atoms with Gasteiger partial charge in [0.05, 0.1) is 11.3 Å². The summed E-state index contributed by atoms with van der Waals surface area (Å²) in [6, 6.07) is 3.44. The van der Waals surface area contributed by atoms with Gasteiger partial charge in [-0.2, -0.15) is 13.2 Å². The molecule has 2 rings (SSSR count). The quantitative estimate of drug-likeness (QED) is 0.821. The Labute approximate surface area is 96.3 Å². The van der Waals surface area contributed by atoms with Crippen LogP contribution in [-0.2, 0) is 6.18 Å². The number of hydrogen-bond donors (Lipinski definition) is 1. The first kappa shape index (κ1) is 11.7. The number of nitrogens with zero attached hydrogens (tertiary/aromatic N) is 3. The number of hydrogen-bond acceptors (Lipinski definition) is 4. The fourth-order valence-electron chi connectivity index (χ4n) is 1.53. The van der Waals surface area contributed by atoms with Crippen molar-refractivity contribution in [1.82, 2.24) is 10.4 Å². The summed E-state index contributed by atoms with van der Waals surface area (Å²) >= 11 is 0. The molecule has 0 amide bonds. The smallest absolute Gasteiger partial charge is 0.273 e. The van der Waals surface area contributed by atoms with Crippen molar-refractivity contribution in [1.29, 1.82) is 0 Å². The maximum Gasteiger partial charge on any atom is 0.416 e. The third-order valence-electron chi connectivity index (χ3n) is 2.31. The van der Waals surface area contributed by atoms with Gasteiger partial charge in [-0.15, -0.1) is 0 Å². The number of hydrazine groups is 2. The van der Waals surface area contributed by atoms with Crippen LogP contribution in [0.5, 0.6) is 0 Å². The molecule has 0 fully saturated rings. The molecule has 1 aliphatic rings. The van der Waals surface area contributed by atoms with E-state index in [1.807, 2.05) is 0 Å². The molecule has 17 heavy (non-hydrogen) atoms. The first-order chi connectivity index (χ1) is 7.89. The van der Waals surface area contributed by atoms with E-state index >= 15 is 0 Å². The molecule has 0 saturated carbocycles. The standard InChI is InChI=1S/C10H11F3N4/c1-16(2)17-9-5-7(10(11,12)13)3-4-8(9)14-6-15-17/h3-6H,1-2H3,(H,14,15). The lowest BCUT2D eigenvalue weighted by molar-refractivity contribution is -0.137. The van der Waals surface area contributed by atoms with Crippen LogP contribution in [0.4, 0.5) is 24.5 Å². The molecule has 0 radical (unpaired) electrons. The van der Waals surface area contributed by atoms with Crippen LogP contribution in [0, 0.1) is 0 Å². The second-order valence-corrected chi connectivity index (χ2v) is 3.75. The van der Waals surface area contributed by atoms with E-state index in [2.05, 4.69) is 10.4 Å². The highest BCUT2D eigenvalue weighted by atomic mass is 19.4. The van der Waals surface area contributed by atoms with Crippen LogP contribution in [0.15, 0.2) is 23.2 Å². The van der Waals surface area contributed by atoms with E-state index in [0.29, 0.717) is 11.4 Å². The molecular weight excluding hydrogens is 233 g/mol. The van der Waals surface area contributed by atoms with E-state index in [1.54, 1.807) is 19.1 Å². The average Bonchev–Trinajstić information content (AvgIpc) is 2.26. The molecule has 1 heterocycles. The highest BCUT2D eigenvalue weighted by Crippen LogP contribution is 2.37. The van der Waals surface area contributed by atoms with Crippen molar-refractivity contribution in [3.63, 3.8) is 0 Å². The topological polar surface area (TPSA) is 30.9 Å². The third kappa shape index (κ3) is 2.19. The van der Waals surface area contributed by atoms with Crippen molar-refractivity contribution in [3.8, 4) is 0 Å². The number of alkyl halides is 3. The van der Waals surface area contributed by atoms with Gasteiger partial charge in [-0.05, 0) is 18.2 Å². The van der Waals surface area contributed by atoms with Gasteiger partial charge in [0.2, 0.25) is 0 Å². The summed E-state index contributed by atoms with van der Waals surface area (Å²) < 4.78 is 37.8. The molecule has 0 atom stereocenters. The largest absolute Gasteiger partial charge is 0.416 e. The number of nitrogens with one attached hydrogen (secondary N) is 1. The number of benzene rings is 1. The number of halogens is 3. The maximum absolute atomic E-state index is 12.6. The van der Waals surface area contributed by atoms with Gasteiger partial charge in [-0.1, -0.05) is 0 Å². The maximum atomic E-state index is 12.6. The van der Waals surface area contributed by atoms with Crippen LogP contribution in [0.1, 0.15) is 5.56 Å². The predicted octanol–water partition coefficient (Wildman–Crippen LogP) is 2.17. The summed E-state index contributed by atoms with van der Waals surface area (Å²) in [4.78, 5) is 3.98. The van der Waals surface area contributed by atoms with Crippen molar-refractivity contribution in [2.24, 2.45) is 4.99 Å². The van der Waals surface area contributed by atoms with E-state index in [9.17, 15) is 13.2 Å². The fraction of sp³-hybridized carbons (Fsp3) is 0.300. The van der Waals surface area contributed by atoms with Crippen LogP contribution in [0.25, 0.3) is 0 Å². The minimum absolute atomic E-state index is 0.368. The Morgan fingerprint density at radius 2 is 2.00 bits per heavy atom. The van der Waals surface area contributed by atoms with E-state index in [1.165, 1.54) is 17.5 Å². The van der Waals surface area contributed by atoms with Gasteiger partial charge in [-0.25, -0.2) is 15.1 Å². The Morgan fingerprint density at radius 3 is 2.59 bits per heavy atom. The summed E-state index contributed by atoms with van der Waals surface area (Å²) in [5.74, 6) is 0. The van der Waals surface area contributed by atoms with Crippen LogP contribution >= 0.6 is 0 Å². The first-order valence-corrected chi connectivity index (χ1v) is 4.87. The van der Waals surface area contributed by atoms with Crippen molar-refractivity contribution in [2.45, 2.75) is 6.18 Å². The van der Waals surface area contributed by atoms with E-state index < -0.39 is 11.7 Å². The van der Waals surface area contributed by atoms with Gasteiger partial charge < -0.3 is 0 Å². The fourth-order valence-corrected chi connectivity index (χ4v) is 1.53. The first-order valence-electron chi connectivity index (χ1n) is 4.87. The summed E-state index contributed by atoms with van der Waals surface area (Å²) in [5.41, 5.74) is 2.92. The monoisotopic (exact) mass is 244 g/mol. The Bertz CT molecular complexity index is 453. The van der Waals surface area contributed by atoms with Gasteiger partial charge >= 0.3 is 6.18 Å². The van der Waals surface area contributed by atoms with Gasteiger partial charge in [0.25, 0.3) is 0 Å². The van der Waals surface area contributed by atoms with E-state index in [-0.39, 0.29) is 0 Å². The second-order valence-electron chi connectivity index (χ2n) is 3.75. The Morgan fingerprint density at radius 1 is 1.29 bits per heavy atom. The minimum Gasteiger partial charge on any atom is -0.273 e. The molecule has 1 N–H and O–H groups in total. The Hall–Kier alpha value is -1.76. The number of fused-ring (bicyclic) bond motifs is 1. The van der Waals surface area contributed by atoms with Gasteiger partial charge in [0.1, 0.15) is 12.0 Å². The molecule has 7 heteroatoms. The van der Waals surface area contributed by atoms with E-state index in [0.717, 1.165) is 12.1 Å². The van der Waals surface area contributed by atoms with Crippen LogP contribution in [0.2, 0.25) is 0 Å². The molecule has 1 aromatic carbocycles. The molecule has 0 saturated heterocycles. The number of aliphatic imine (C=N–C) groups is 1. The van der Waals surface area contributed by atoms with Gasteiger partial charge in [0, 0.05) is 14.1 Å². The molecule has 0 aliphatic carbocycles. The normalized spacial score (nSPS) is 14.8. The summed E-state index contributed by atoms with van der Waals surface area (Å²) in [7, 11) is 3.44. The zero-order valence-electron chi connectivity index (χ0n) is 9.28. The predicted molar refractivity (Wildman–Crippen MR) is 58.9 cm³/mol. The van der Waals surface area contributed by atoms with Crippen molar-refractivity contribution in [2.75, 3.05) is 19.2 Å². The van der Waals surface area contributed by atoms with Crippen molar-refractivity contribution in [3.05, 3.63) is 23.8 Å². The Kier molecular flexibility index (Phi) is 2.70. The highest BCUT2D eigenvalue weighted by molar-refractivity contribution is 5.78. The number of rotatable bonds is 1. The van der Waals surface area contributed by atoms with Crippen molar-refractivity contribution >= 4 is 17.7 Å².